The number of nitrogens with zero attached hydrogens (tertiary/aromatic N) is 1. The first-order valence-corrected chi connectivity index (χ1v) is 6.77. The Labute approximate surface area is 109 Å². The minimum atomic E-state index is -0.207. The van der Waals surface area contributed by atoms with Crippen LogP contribution in [0.25, 0.3) is 0 Å². The average Bonchev–Trinajstić information content (AvgIpc) is 2.76. The van der Waals surface area contributed by atoms with E-state index in [1.54, 1.807) is 0 Å². The highest BCUT2D eigenvalue weighted by atomic mass is 16.5. The molecule has 0 amide bonds. The van der Waals surface area contributed by atoms with Crippen molar-refractivity contribution in [3.05, 3.63) is 0 Å². The molecular weight excluding hydrogens is 232 g/mol. The van der Waals surface area contributed by atoms with Crippen molar-refractivity contribution in [2.24, 2.45) is 11.1 Å². The van der Waals surface area contributed by atoms with Crippen LogP contribution in [0.3, 0.4) is 0 Å². The third kappa shape index (κ3) is 3.22. The maximum absolute atomic E-state index is 9.32. The van der Waals surface area contributed by atoms with Gasteiger partial charge in [0.05, 0.1) is 24.9 Å². The second-order valence-electron chi connectivity index (χ2n) is 6.36. The van der Waals surface area contributed by atoms with Crippen molar-refractivity contribution < 1.29 is 14.6 Å². The van der Waals surface area contributed by atoms with Gasteiger partial charge >= 0.3 is 0 Å². The molecule has 0 aromatic carbocycles. The highest BCUT2D eigenvalue weighted by Crippen LogP contribution is 2.31. The molecule has 18 heavy (non-hydrogen) atoms. The van der Waals surface area contributed by atoms with Crippen LogP contribution in [0.15, 0.2) is 0 Å². The zero-order valence-corrected chi connectivity index (χ0v) is 11.5. The molecule has 2 rings (SSSR count). The maximum atomic E-state index is 9.32. The van der Waals surface area contributed by atoms with Gasteiger partial charge in [-0.1, -0.05) is 0 Å². The molecule has 3 N–H and O–H groups in total. The summed E-state index contributed by atoms with van der Waals surface area (Å²) < 4.78 is 11.3. The van der Waals surface area contributed by atoms with Crippen LogP contribution < -0.4 is 5.73 Å². The van der Waals surface area contributed by atoms with E-state index in [4.69, 9.17) is 15.2 Å². The van der Waals surface area contributed by atoms with Crippen LogP contribution in [0.5, 0.6) is 0 Å². The molecule has 2 aliphatic rings. The monoisotopic (exact) mass is 258 g/mol. The third-order valence-corrected chi connectivity index (χ3v) is 3.93. The third-order valence-electron chi connectivity index (χ3n) is 3.93. The summed E-state index contributed by atoms with van der Waals surface area (Å²) in [5.41, 5.74) is 5.82. The molecule has 2 atom stereocenters. The van der Waals surface area contributed by atoms with E-state index in [0.717, 1.165) is 39.3 Å². The Bertz CT molecular complexity index is 277. The molecule has 0 aliphatic carbocycles. The molecule has 106 valence electrons. The van der Waals surface area contributed by atoms with Crippen LogP contribution in [0.1, 0.15) is 20.3 Å². The van der Waals surface area contributed by atoms with Crippen LogP contribution in [-0.2, 0) is 9.47 Å². The lowest BCUT2D eigenvalue weighted by atomic mass is 9.86. The summed E-state index contributed by atoms with van der Waals surface area (Å²) >= 11 is 0. The van der Waals surface area contributed by atoms with Crippen LogP contribution in [0, 0.1) is 5.41 Å². The smallest absolute Gasteiger partial charge is 0.0940 e. The van der Waals surface area contributed by atoms with E-state index in [1.807, 2.05) is 0 Å². The SMILES string of the molecule is CC1(C)CN(CC2(CN)CCOC2)CC(CO)O1. The molecule has 2 heterocycles. The van der Waals surface area contributed by atoms with E-state index in [1.165, 1.54) is 0 Å². The van der Waals surface area contributed by atoms with Crippen LogP contribution in [-0.4, -0.2) is 67.7 Å². The Balaban J connectivity index is 1.99. The van der Waals surface area contributed by atoms with Crippen molar-refractivity contribution in [2.45, 2.75) is 32.0 Å². The number of hydrogen-bond donors (Lipinski definition) is 2. The minimum Gasteiger partial charge on any atom is -0.394 e. The first kappa shape index (κ1) is 14.2. The Morgan fingerprint density at radius 2 is 2.22 bits per heavy atom. The quantitative estimate of drug-likeness (QED) is 0.732. The van der Waals surface area contributed by atoms with Gasteiger partial charge in [-0.05, 0) is 20.3 Å². The van der Waals surface area contributed by atoms with Gasteiger partial charge in [-0.15, -0.1) is 0 Å². The molecule has 0 aromatic heterocycles. The second-order valence-corrected chi connectivity index (χ2v) is 6.36. The molecule has 5 heteroatoms. The Morgan fingerprint density at radius 1 is 1.44 bits per heavy atom. The van der Waals surface area contributed by atoms with Crippen molar-refractivity contribution >= 4 is 0 Å². The molecule has 0 spiro atoms. The summed E-state index contributed by atoms with van der Waals surface area (Å²) in [6, 6.07) is 0. The number of ether oxygens (including phenoxy) is 2. The summed E-state index contributed by atoms with van der Waals surface area (Å²) in [4.78, 5) is 2.37. The van der Waals surface area contributed by atoms with Gasteiger partial charge in [0.25, 0.3) is 0 Å². The molecule has 0 bridgehead atoms. The summed E-state index contributed by atoms with van der Waals surface area (Å²) in [7, 11) is 0. The zero-order valence-electron chi connectivity index (χ0n) is 11.5. The number of rotatable bonds is 4. The predicted octanol–water partition coefficient (Wildman–Crippen LogP) is -0.176. The van der Waals surface area contributed by atoms with Crippen LogP contribution >= 0.6 is 0 Å². The molecule has 2 fully saturated rings. The summed E-state index contributed by atoms with van der Waals surface area (Å²) in [5.74, 6) is 0. The highest BCUT2D eigenvalue weighted by molar-refractivity contribution is 4.91. The van der Waals surface area contributed by atoms with Gasteiger partial charge in [0.1, 0.15) is 0 Å². The van der Waals surface area contributed by atoms with E-state index < -0.39 is 0 Å². The Kier molecular flexibility index (Phi) is 4.29. The molecule has 5 nitrogen and oxygen atoms in total. The van der Waals surface area contributed by atoms with Gasteiger partial charge in [-0.2, -0.15) is 0 Å². The number of aliphatic hydroxyl groups is 1. The van der Waals surface area contributed by atoms with Crippen LogP contribution in [0.4, 0.5) is 0 Å². The Morgan fingerprint density at radius 3 is 2.78 bits per heavy atom. The second kappa shape index (κ2) is 5.43. The molecule has 2 unspecified atom stereocenters. The van der Waals surface area contributed by atoms with Gasteiger partial charge in [-0.25, -0.2) is 0 Å². The summed E-state index contributed by atoms with van der Waals surface area (Å²) in [6.07, 6.45) is 0.941. The van der Waals surface area contributed by atoms with E-state index in [2.05, 4.69) is 18.7 Å². The van der Waals surface area contributed by atoms with Crippen molar-refractivity contribution in [3.8, 4) is 0 Å². The number of aliphatic hydroxyl groups excluding tert-OH is 1. The molecule has 0 saturated carbocycles. The average molecular weight is 258 g/mol. The lowest BCUT2D eigenvalue weighted by Crippen LogP contribution is -2.57. The molecule has 0 radical (unpaired) electrons. The van der Waals surface area contributed by atoms with Crippen molar-refractivity contribution in [1.29, 1.82) is 0 Å². The number of hydrogen-bond acceptors (Lipinski definition) is 5. The Hall–Kier alpha value is -0.200. The van der Waals surface area contributed by atoms with Crippen LogP contribution in [0.2, 0.25) is 0 Å². The van der Waals surface area contributed by atoms with E-state index in [9.17, 15) is 5.11 Å². The maximum Gasteiger partial charge on any atom is 0.0940 e. The number of nitrogens with two attached hydrogens (primary N) is 1. The summed E-state index contributed by atoms with van der Waals surface area (Å²) in [5, 5.41) is 9.32. The molecule has 2 aliphatic heterocycles. The van der Waals surface area contributed by atoms with Crippen molar-refractivity contribution in [2.75, 3.05) is 46.0 Å². The number of morpholine rings is 1. The fourth-order valence-electron chi connectivity index (χ4n) is 3.11. The van der Waals surface area contributed by atoms with Crippen molar-refractivity contribution in [3.63, 3.8) is 0 Å². The fourth-order valence-corrected chi connectivity index (χ4v) is 3.11. The lowest BCUT2D eigenvalue weighted by molar-refractivity contribution is -0.153. The fraction of sp³-hybridized carbons (Fsp3) is 1.00. The molecule has 2 saturated heterocycles. The van der Waals surface area contributed by atoms with Gasteiger partial charge in [0.15, 0.2) is 0 Å². The predicted molar refractivity (Wildman–Crippen MR) is 69.4 cm³/mol. The first-order chi connectivity index (χ1) is 8.49. The lowest BCUT2D eigenvalue weighted by Gasteiger charge is -2.45. The highest BCUT2D eigenvalue weighted by Gasteiger charge is 2.40. The standard InChI is InChI=1S/C13H26N2O3/c1-12(2)8-15(5-11(6-16)18-12)9-13(7-14)3-4-17-10-13/h11,16H,3-10,14H2,1-2H3. The van der Waals surface area contributed by atoms with Crippen molar-refractivity contribution in [1.82, 2.24) is 4.90 Å². The van der Waals surface area contributed by atoms with E-state index in [-0.39, 0.29) is 23.7 Å². The minimum absolute atomic E-state index is 0.0755. The summed E-state index contributed by atoms with van der Waals surface area (Å²) in [6.45, 7) is 9.05. The normalized spacial score (nSPS) is 37.0. The topological polar surface area (TPSA) is 68.0 Å². The first-order valence-electron chi connectivity index (χ1n) is 6.77. The van der Waals surface area contributed by atoms with Gasteiger partial charge < -0.3 is 20.3 Å². The van der Waals surface area contributed by atoms with Gasteiger partial charge in [0.2, 0.25) is 0 Å². The zero-order chi connectivity index (χ0) is 13.2. The largest absolute Gasteiger partial charge is 0.394 e. The van der Waals surface area contributed by atoms with E-state index >= 15 is 0 Å². The van der Waals surface area contributed by atoms with Gasteiger partial charge in [-0.3, -0.25) is 4.90 Å². The van der Waals surface area contributed by atoms with Gasteiger partial charge in [0, 0.05) is 38.2 Å². The van der Waals surface area contributed by atoms with E-state index in [0.29, 0.717) is 6.54 Å². The molecule has 0 aromatic rings. The molecular formula is C13H26N2O3.